The Balaban J connectivity index is 0.00000144. The highest BCUT2D eigenvalue weighted by atomic mass is 19.4. The molecule has 0 atom stereocenters. The molecule has 1 heterocycles. The molecule has 0 saturated carbocycles. The highest BCUT2D eigenvalue weighted by Gasteiger charge is 2.34. The van der Waals surface area contributed by atoms with Crippen molar-refractivity contribution in [2.24, 2.45) is 0 Å². The van der Waals surface area contributed by atoms with E-state index in [9.17, 15) is 18.0 Å². The van der Waals surface area contributed by atoms with Crippen LogP contribution in [0, 0.1) is 0 Å². The lowest BCUT2D eigenvalue weighted by atomic mass is 10.4. The molecule has 1 aromatic rings. The molecule has 13 heavy (non-hydrogen) atoms. The van der Waals surface area contributed by atoms with Gasteiger partial charge in [0.1, 0.15) is 0 Å². The number of hydrogen-bond donors (Lipinski definition) is 0. The lowest BCUT2D eigenvalue weighted by Gasteiger charge is -2.02. The molecule has 0 unspecified atom stereocenters. The fourth-order valence-electron chi connectivity index (χ4n) is 0.545. The molecule has 0 amide bonds. The van der Waals surface area contributed by atoms with Crippen molar-refractivity contribution in [3.8, 4) is 0 Å². The molecule has 2 N–H and O–H groups in total. The van der Waals surface area contributed by atoms with Crippen LogP contribution in [0.1, 0.15) is 16.2 Å². The van der Waals surface area contributed by atoms with Crippen molar-refractivity contribution < 1.29 is 23.4 Å². The second-order valence-electron chi connectivity index (χ2n) is 1.96. The van der Waals surface area contributed by atoms with Crippen LogP contribution in [-0.4, -0.2) is 21.7 Å². The van der Waals surface area contributed by atoms with Crippen LogP contribution in [0.5, 0.6) is 0 Å². The van der Waals surface area contributed by atoms with E-state index in [1.165, 1.54) is 0 Å². The summed E-state index contributed by atoms with van der Waals surface area (Å²) in [6.45, 7) is 0. The minimum absolute atomic E-state index is 0. The molecule has 4 nitrogen and oxygen atoms in total. The van der Waals surface area contributed by atoms with Gasteiger partial charge in [0.2, 0.25) is 5.82 Å². The number of aromatic nitrogens is 2. The molecule has 0 aliphatic carbocycles. The number of alkyl halides is 3. The van der Waals surface area contributed by atoms with Crippen molar-refractivity contribution in [2.45, 2.75) is 6.18 Å². The van der Waals surface area contributed by atoms with Crippen LogP contribution in [0.15, 0.2) is 12.4 Å². The summed E-state index contributed by atoms with van der Waals surface area (Å²) < 4.78 is 35.4. The number of carbonyl (C=O) groups is 1. The number of nitrogens with zero attached hydrogens (tertiary/aromatic N) is 2. The van der Waals surface area contributed by atoms with Crippen molar-refractivity contribution in [1.29, 1.82) is 0 Å². The summed E-state index contributed by atoms with van der Waals surface area (Å²) >= 11 is 0. The molecular formula is C6H5F3N2O2. The van der Waals surface area contributed by atoms with Crippen LogP contribution < -0.4 is 0 Å². The zero-order valence-corrected chi connectivity index (χ0v) is 6.17. The fraction of sp³-hybridized carbons (Fsp3) is 0.167. The monoisotopic (exact) mass is 194 g/mol. The Bertz CT molecular complexity index is 283. The Labute approximate surface area is 70.7 Å². The van der Waals surface area contributed by atoms with E-state index in [0.29, 0.717) is 6.29 Å². The maximum Gasteiger partial charge on any atom is 0.451 e. The Morgan fingerprint density at radius 2 is 1.69 bits per heavy atom. The fourth-order valence-corrected chi connectivity index (χ4v) is 0.545. The van der Waals surface area contributed by atoms with Crippen LogP contribution in [0.25, 0.3) is 0 Å². The van der Waals surface area contributed by atoms with E-state index in [4.69, 9.17) is 0 Å². The minimum Gasteiger partial charge on any atom is -0.412 e. The molecule has 1 aromatic heterocycles. The molecule has 0 aromatic carbocycles. The van der Waals surface area contributed by atoms with Gasteiger partial charge >= 0.3 is 6.18 Å². The number of carbonyl (C=O) groups excluding carboxylic acids is 1. The van der Waals surface area contributed by atoms with Gasteiger partial charge < -0.3 is 5.48 Å². The predicted octanol–water partition coefficient (Wildman–Crippen LogP) is 0.483. The average Bonchev–Trinajstić information content (AvgIpc) is 2.03. The van der Waals surface area contributed by atoms with Gasteiger partial charge in [-0.2, -0.15) is 13.2 Å². The predicted molar refractivity (Wildman–Crippen MR) is 36.0 cm³/mol. The van der Waals surface area contributed by atoms with Crippen LogP contribution in [0.2, 0.25) is 0 Å². The third-order valence-corrected chi connectivity index (χ3v) is 1.06. The highest BCUT2D eigenvalue weighted by Crippen LogP contribution is 2.24. The molecule has 0 radical (unpaired) electrons. The molecule has 0 bridgehead atoms. The molecule has 7 heteroatoms. The Hall–Kier alpha value is -1.50. The summed E-state index contributed by atoms with van der Waals surface area (Å²) in [6.07, 6.45) is -2.53. The smallest absolute Gasteiger partial charge is 0.412 e. The van der Waals surface area contributed by atoms with E-state index in [1.807, 2.05) is 0 Å². The molecule has 0 spiro atoms. The quantitative estimate of drug-likeness (QED) is 0.610. The molecule has 0 fully saturated rings. The van der Waals surface area contributed by atoms with Gasteiger partial charge in [0, 0.05) is 12.4 Å². The number of aldehydes is 1. The van der Waals surface area contributed by atoms with Crippen molar-refractivity contribution in [1.82, 2.24) is 9.97 Å². The van der Waals surface area contributed by atoms with Crippen LogP contribution >= 0.6 is 0 Å². The van der Waals surface area contributed by atoms with Crippen molar-refractivity contribution in [3.05, 3.63) is 23.8 Å². The van der Waals surface area contributed by atoms with Gasteiger partial charge in [-0.1, -0.05) is 0 Å². The van der Waals surface area contributed by atoms with Gasteiger partial charge in [0.15, 0.2) is 6.29 Å². The minimum atomic E-state index is -4.55. The van der Waals surface area contributed by atoms with E-state index in [2.05, 4.69) is 9.97 Å². The van der Waals surface area contributed by atoms with Gasteiger partial charge in [-0.05, 0) is 0 Å². The molecule has 1 rings (SSSR count). The van der Waals surface area contributed by atoms with E-state index in [-0.39, 0.29) is 11.0 Å². The summed E-state index contributed by atoms with van der Waals surface area (Å²) in [4.78, 5) is 15.9. The van der Waals surface area contributed by atoms with Gasteiger partial charge in [0.05, 0.1) is 5.56 Å². The SMILES string of the molecule is O.O=Cc1cnc(C(F)(F)F)nc1. The zero-order chi connectivity index (χ0) is 9.19. The summed E-state index contributed by atoms with van der Waals surface area (Å²) in [5, 5.41) is 0. The van der Waals surface area contributed by atoms with E-state index in [0.717, 1.165) is 12.4 Å². The molecule has 0 aliphatic rings. The normalized spacial score (nSPS) is 10.4. The van der Waals surface area contributed by atoms with Crippen molar-refractivity contribution in [3.63, 3.8) is 0 Å². The Morgan fingerprint density at radius 1 is 1.23 bits per heavy atom. The molecule has 0 aliphatic heterocycles. The lowest BCUT2D eigenvalue weighted by Crippen LogP contribution is -2.10. The average molecular weight is 194 g/mol. The first kappa shape index (κ1) is 11.5. The van der Waals surface area contributed by atoms with Crippen LogP contribution in [0.4, 0.5) is 13.2 Å². The summed E-state index contributed by atoms with van der Waals surface area (Å²) in [7, 11) is 0. The van der Waals surface area contributed by atoms with Gasteiger partial charge in [-0.15, -0.1) is 0 Å². The first-order valence-electron chi connectivity index (χ1n) is 2.88. The number of rotatable bonds is 1. The highest BCUT2D eigenvalue weighted by molar-refractivity contribution is 5.73. The maximum atomic E-state index is 11.8. The summed E-state index contributed by atoms with van der Waals surface area (Å²) in [5.74, 6) is -1.24. The van der Waals surface area contributed by atoms with E-state index in [1.54, 1.807) is 0 Å². The molecular weight excluding hydrogens is 189 g/mol. The molecule has 0 saturated heterocycles. The first-order chi connectivity index (χ1) is 5.54. The second kappa shape index (κ2) is 3.94. The van der Waals surface area contributed by atoms with Crippen LogP contribution in [-0.2, 0) is 6.18 Å². The number of halogens is 3. The van der Waals surface area contributed by atoms with E-state index < -0.39 is 12.0 Å². The standard InChI is InChI=1S/C6H3F3N2O.H2O/c7-6(8,9)5-10-1-4(3-12)2-11-5;/h1-3H;1H2. The van der Waals surface area contributed by atoms with Gasteiger partial charge in [-0.25, -0.2) is 9.97 Å². The molecule has 72 valence electrons. The van der Waals surface area contributed by atoms with Gasteiger partial charge in [-0.3, -0.25) is 4.79 Å². The lowest BCUT2D eigenvalue weighted by molar-refractivity contribution is -0.145. The second-order valence-corrected chi connectivity index (χ2v) is 1.96. The van der Waals surface area contributed by atoms with Gasteiger partial charge in [0.25, 0.3) is 0 Å². The van der Waals surface area contributed by atoms with Crippen molar-refractivity contribution in [2.75, 3.05) is 0 Å². The van der Waals surface area contributed by atoms with E-state index >= 15 is 0 Å². The first-order valence-corrected chi connectivity index (χ1v) is 2.88. The van der Waals surface area contributed by atoms with Crippen LogP contribution in [0.3, 0.4) is 0 Å². The third-order valence-electron chi connectivity index (χ3n) is 1.06. The Kier molecular flexibility index (Phi) is 3.49. The zero-order valence-electron chi connectivity index (χ0n) is 6.17. The number of hydrogen-bond acceptors (Lipinski definition) is 3. The summed E-state index contributed by atoms with van der Waals surface area (Å²) in [5.41, 5.74) is 0.0167. The largest absolute Gasteiger partial charge is 0.451 e. The topological polar surface area (TPSA) is 74.3 Å². The summed E-state index contributed by atoms with van der Waals surface area (Å²) in [6, 6.07) is 0. The Morgan fingerprint density at radius 3 is 2.00 bits per heavy atom. The van der Waals surface area contributed by atoms with Crippen molar-refractivity contribution >= 4 is 6.29 Å². The maximum absolute atomic E-state index is 11.8. The third kappa shape index (κ3) is 2.79.